The molecule has 0 bridgehead atoms. The van der Waals surface area contributed by atoms with E-state index in [1.807, 2.05) is 27.7 Å². The molecule has 0 fully saturated rings. The maximum Gasteiger partial charge on any atom is 0.326 e. The maximum absolute atomic E-state index is 12.4. The summed E-state index contributed by atoms with van der Waals surface area (Å²) in [6, 6.07) is -1.95. The van der Waals surface area contributed by atoms with Gasteiger partial charge in [-0.2, -0.15) is 0 Å². The molecule has 0 aromatic carbocycles. The van der Waals surface area contributed by atoms with Crippen LogP contribution in [-0.2, 0) is 24.0 Å². The molecular weight excluding hydrogens is 382 g/mol. The lowest BCUT2D eigenvalue weighted by molar-refractivity contribution is -0.142. The third kappa shape index (κ3) is 12.4. The highest BCUT2D eigenvalue weighted by Gasteiger charge is 2.24. The van der Waals surface area contributed by atoms with Crippen LogP contribution in [0.25, 0.3) is 0 Å². The van der Waals surface area contributed by atoms with E-state index in [-0.39, 0.29) is 31.3 Å². The van der Waals surface area contributed by atoms with Gasteiger partial charge in [-0.15, -0.1) is 0 Å². The second kappa shape index (κ2) is 13.5. The molecule has 4 amide bonds. The average Bonchev–Trinajstić information content (AvgIpc) is 2.62. The number of aliphatic carboxylic acids is 1. The molecule has 0 aliphatic heterocycles. The number of carboxylic acids is 1. The normalized spacial score (nSPS) is 12.8. The second-order valence-electron chi connectivity index (χ2n) is 7.54. The topological polar surface area (TPSA) is 180 Å². The smallest absolute Gasteiger partial charge is 0.326 e. The van der Waals surface area contributed by atoms with Gasteiger partial charge in [0.25, 0.3) is 0 Å². The third-order valence-corrected chi connectivity index (χ3v) is 3.75. The van der Waals surface area contributed by atoms with Crippen molar-refractivity contribution in [3.63, 3.8) is 0 Å². The molecule has 2 atom stereocenters. The van der Waals surface area contributed by atoms with E-state index in [4.69, 9.17) is 10.8 Å². The van der Waals surface area contributed by atoms with Crippen molar-refractivity contribution >= 4 is 29.6 Å². The number of amides is 4. The number of rotatable bonds is 13. The van der Waals surface area contributed by atoms with Crippen molar-refractivity contribution in [2.45, 2.75) is 52.6 Å². The van der Waals surface area contributed by atoms with Gasteiger partial charge in [0.15, 0.2) is 0 Å². The molecule has 166 valence electrons. The van der Waals surface area contributed by atoms with Crippen LogP contribution in [0.4, 0.5) is 0 Å². The fourth-order valence-corrected chi connectivity index (χ4v) is 2.43. The molecule has 0 saturated heterocycles. The number of carbonyl (C=O) groups excluding carboxylic acids is 4. The molecule has 11 heteroatoms. The summed E-state index contributed by atoms with van der Waals surface area (Å²) in [5.41, 5.74) is 5.14. The minimum absolute atomic E-state index is 0.0661. The standard InChI is InChI=1S/C18H33N5O6/c1-10(2)5-12(22-15(25)8-20-14(24)7-19)17(27)21-9-16(26)23-13(18(28)29)6-11(3)4/h10-13H,5-9,19H2,1-4H3,(H,20,24)(H,21,27)(H,22,25)(H,23,26)(H,28,29)/t12-,13-/m0/s1. The molecular formula is C18H33N5O6. The van der Waals surface area contributed by atoms with Gasteiger partial charge in [-0.3, -0.25) is 19.2 Å². The summed E-state index contributed by atoms with van der Waals surface area (Å²) < 4.78 is 0. The van der Waals surface area contributed by atoms with E-state index >= 15 is 0 Å². The zero-order valence-electron chi connectivity index (χ0n) is 17.4. The number of nitrogens with one attached hydrogen (secondary N) is 4. The fraction of sp³-hybridized carbons (Fsp3) is 0.722. The third-order valence-electron chi connectivity index (χ3n) is 3.75. The van der Waals surface area contributed by atoms with Crippen molar-refractivity contribution in [3.8, 4) is 0 Å². The van der Waals surface area contributed by atoms with Crippen molar-refractivity contribution in [2.75, 3.05) is 19.6 Å². The predicted molar refractivity (Wildman–Crippen MR) is 105 cm³/mol. The van der Waals surface area contributed by atoms with Crippen LogP contribution in [0.5, 0.6) is 0 Å². The first-order valence-corrected chi connectivity index (χ1v) is 9.52. The SMILES string of the molecule is CC(C)C[C@H](NC(=O)CNC(=O)[C@H](CC(C)C)NC(=O)CNC(=O)CN)C(=O)O. The Bertz CT molecular complexity index is 593. The van der Waals surface area contributed by atoms with Crippen LogP contribution in [-0.4, -0.2) is 66.4 Å². The van der Waals surface area contributed by atoms with Gasteiger partial charge in [-0.25, -0.2) is 4.79 Å². The van der Waals surface area contributed by atoms with E-state index in [0.717, 1.165) is 0 Å². The van der Waals surface area contributed by atoms with Crippen LogP contribution >= 0.6 is 0 Å². The highest BCUT2D eigenvalue weighted by atomic mass is 16.4. The molecule has 0 heterocycles. The van der Waals surface area contributed by atoms with Gasteiger partial charge in [0.1, 0.15) is 12.1 Å². The summed E-state index contributed by atoms with van der Waals surface area (Å²) in [6.45, 7) is 6.38. The summed E-state index contributed by atoms with van der Waals surface area (Å²) in [7, 11) is 0. The fourth-order valence-electron chi connectivity index (χ4n) is 2.43. The Morgan fingerprint density at radius 2 is 1.21 bits per heavy atom. The maximum atomic E-state index is 12.4. The largest absolute Gasteiger partial charge is 0.480 e. The number of nitrogens with two attached hydrogens (primary N) is 1. The van der Waals surface area contributed by atoms with Crippen LogP contribution in [0.2, 0.25) is 0 Å². The van der Waals surface area contributed by atoms with Crippen molar-refractivity contribution in [2.24, 2.45) is 17.6 Å². The van der Waals surface area contributed by atoms with E-state index in [1.54, 1.807) is 0 Å². The lowest BCUT2D eigenvalue weighted by atomic mass is 10.0. The summed E-state index contributed by atoms with van der Waals surface area (Å²) in [4.78, 5) is 58.6. The van der Waals surface area contributed by atoms with Crippen LogP contribution in [0.1, 0.15) is 40.5 Å². The first kappa shape index (κ1) is 26.3. The van der Waals surface area contributed by atoms with Gasteiger partial charge in [-0.05, 0) is 24.7 Å². The molecule has 0 aliphatic carbocycles. The Balaban J connectivity index is 4.72. The van der Waals surface area contributed by atoms with Gasteiger partial charge in [-0.1, -0.05) is 27.7 Å². The summed E-state index contributed by atoms with van der Waals surface area (Å²) in [5, 5.41) is 18.7. The highest BCUT2D eigenvalue weighted by molar-refractivity contribution is 5.92. The summed E-state index contributed by atoms with van der Waals surface area (Å²) in [5.74, 6) is -3.31. The Morgan fingerprint density at radius 3 is 1.66 bits per heavy atom. The zero-order chi connectivity index (χ0) is 22.6. The molecule has 29 heavy (non-hydrogen) atoms. The highest BCUT2D eigenvalue weighted by Crippen LogP contribution is 2.06. The number of carboxylic acid groups (broad SMARTS) is 1. The van der Waals surface area contributed by atoms with Crippen LogP contribution in [0.3, 0.4) is 0 Å². The van der Waals surface area contributed by atoms with Crippen molar-refractivity contribution < 1.29 is 29.1 Å². The number of hydrogen-bond donors (Lipinski definition) is 6. The second-order valence-corrected chi connectivity index (χ2v) is 7.54. The minimum atomic E-state index is -1.15. The molecule has 0 rings (SSSR count). The quantitative estimate of drug-likeness (QED) is 0.208. The van der Waals surface area contributed by atoms with Crippen molar-refractivity contribution in [3.05, 3.63) is 0 Å². The number of carbonyl (C=O) groups is 5. The predicted octanol–water partition coefficient (Wildman–Crippen LogP) is -1.68. The molecule has 0 aromatic heterocycles. The first-order chi connectivity index (χ1) is 13.5. The average molecular weight is 415 g/mol. The van der Waals surface area contributed by atoms with Gasteiger partial charge in [0.05, 0.1) is 19.6 Å². The molecule has 0 unspecified atom stereocenters. The molecule has 0 spiro atoms. The lowest BCUT2D eigenvalue weighted by Crippen LogP contribution is -2.52. The van der Waals surface area contributed by atoms with E-state index < -0.39 is 48.2 Å². The summed E-state index contributed by atoms with van der Waals surface area (Å²) >= 11 is 0. The van der Waals surface area contributed by atoms with Crippen molar-refractivity contribution in [1.82, 2.24) is 21.3 Å². The molecule has 0 aliphatic rings. The minimum Gasteiger partial charge on any atom is -0.480 e. The molecule has 0 aromatic rings. The van der Waals surface area contributed by atoms with E-state index in [0.29, 0.717) is 6.42 Å². The van der Waals surface area contributed by atoms with Crippen LogP contribution in [0.15, 0.2) is 0 Å². The lowest BCUT2D eigenvalue weighted by Gasteiger charge is -2.21. The van der Waals surface area contributed by atoms with Gasteiger partial charge >= 0.3 is 5.97 Å². The molecule has 0 saturated carbocycles. The Kier molecular flexibility index (Phi) is 12.2. The van der Waals surface area contributed by atoms with Gasteiger partial charge in [0.2, 0.25) is 23.6 Å². The van der Waals surface area contributed by atoms with E-state index in [2.05, 4.69) is 21.3 Å². The van der Waals surface area contributed by atoms with E-state index in [9.17, 15) is 24.0 Å². The summed E-state index contributed by atoms with van der Waals surface area (Å²) in [6.07, 6.45) is 0.574. The van der Waals surface area contributed by atoms with Gasteiger partial charge < -0.3 is 32.1 Å². The zero-order valence-corrected chi connectivity index (χ0v) is 17.4. The first-order valence-electron chi connectivity index (χ1n) is 9.52. The van der Waals surface area contributed by atoms with Crippen molar-refractivity contribution in [1.29, 1.82) is 0 Å². The monoisotopic (exact) mass is 415 g/mol. The van der Waals surface area contributed by atoms with Crippen LogP contribution < -0.4 is 27.0 Å². The molecule has 0 radical (unpaired) electrons. The number of hydrogen-bond acceptors (Lipinski definition) is 6. The Morgan fingerprint density at radius 1 is 0.759 bits per heavy atom. The molecule has 11 nitrogen and oxygen atoms in total. The van der Waals surface area contributed by atoms with Gasteiger partial charge in [0, 0.05) is 0 Å². The Labute approximate surface area is 170 Å². The Hall–Kier alpha value is -2.69. The van der Waals surface area contributed by atoms with Crippen LogP contribution in [0, 0.1) is 11.8 Å². The van der Waals surface area contributed by atoms with E-state index in [1.165, 1.54) is 0 Å². The molecule has 7 N–H and O–H groups in total.